The molecule has 8 nitrogen and oxygen atoms in total. The molecule has 0 radical (unpaired) electrons. The number of anilines is 1. The van der Waals surface area contributed by atoms with Gasteiger partial charge in [0.2, 0.25) is 0 Å². The van der Waals surface area contributed by atoms with Crippen LogP contribution in [0.15, 0.2) is 71.6 Å². The first-order valence-corrected chi connectivity index (χ1v) is 10.6. The minimum Gasteiger partial charge on any atom is -0.502 e. The molecule has 0 bridgehead atoms. The van der Waals surface area contributed by atoms with E-state index < -0.39 is 26.4 Å². The molecule has 0 saturated carbocycles. The maximum Gasteiger partial charge on any atom is 0.312 e. The third-order valence-electron chi connectivity index (χ3n) is 4.11. The minimum absolute atomic E-state index is 0.289. The third kappa shape index (κ3) is 3.75. The maximum absolute atomic E-state index is 12.6. The second-order valence-corrected chi connectivity index (χ2v) is 8.79. The van der Waals surface area contributed by atoms with Crippen LogP contribution in [-0.2, 0) is 10.0 Å². The SMILES string of the molecule is O=[N+]([O-])c1cc(S(=O)(=O)Nc2cccc(-c3nc4ccccc4s3)c2)ccc1O. The lowest BCUT2D eigenvalue weighted by molar-refractivity contribution is -0.386. The molecule has 0 spiro atoms. The van der Waals surface area contributed by atoms with Gasteiger partial charge in [0.15, 0.2) is 5.75 Å². The molecule has 0 aliphatic rings. The van der Waals surface area contributed by atoms with E-state index in [9.17, 15) is 23.6 Å². The summed E-state index contributed by atoms with van der Waals surface area (Å²) < 4.78 is 28.7. The number of hydrogen-bond acceptors (Lipinski definition) is 7. The van der Waals surface area contributed by atoms with E-state index in [-0.39, 0.29) is 10.6 Å². The van der Waals surface area contributed by atoms with Gasteiger partial charge in [0.25, 0.3) is 10.0 Å². The predicted octanol–water partition coefficient (Wildman–Crippen LogP) is 4.38. The van der Waals surface area contributed by atoms with Crippen molar-refractivity contribution >= 4 is 43.0 Å². The average molecular weight is 427 g/mol. The largest absolute Gasteiger partial charge is 0.502 e. The van der Waals surface area contributed by atoms with Crippen molar-refractivity contribution in [2.45, 2.75) is 4.90 Å². The molecule has 4 rings (SSSR count). The Morgan fingerprint density at radius 2 is 1.83 bits per heavy atom. The van der Waals surface area contributed by atoms with Gasteiger partial charge in [-0.15, -0.1) is 11.3 Å². The number of para-hydroxylation sites is 1. The van der Waals surface area contributed by atoms with E-state index in [0.29, 0.717) is 0 Å². The molecule has 29 heavy (non-hydrogen) atoms. The normalized spacial score (nSPS) is 11.4. The van der Waals surface area contributed by atoms with Gasteiger partial charge < -0.3 is 5.11 Å². The van der Waals surface area contributed by atoms with Crippen LogP contribution < -0.4 is 4.72 Å². The molecule has 0 saturated heterocycles. The average Bonchev–Trinajstić information content (AvgIpc) is 3.12. The van der Waals surface area contributed by atoms with Crippen molar-refractivity contribution in [1.29, 1.82) is 0 Å². The van der Waals surface area contributed by atoms with Crippen molar-refractivity contribution in [3.63, 3.8) is 0 Å². The Balaban J connectivity index is 1.67. The van der Waals surface area contributed by atoms with Crippen LogP contribution >= 0.6 is 11.3 Å². The lowest BCUT2D eigenvalue weighted by atomic mass is 10.2. The lowest BCUT2D eigenvalue weighted by Crippen LogP contribution is -2.13. The molecule has 1 heterocycles. The number of fused-ring (bicyclic) bond motifs is 1. The smallest absolute Gasteiger partial charge is 0.312 e. The van der Waals surface area contributed by atoms with Crippen LogP contribution in [0.25, 0.3) is 20.8 Å². The zero-order valence-electron chi connectivity index (χ0n) is 14.6. The molecule has 4 aromatic rings. The van der Waals surface area contributed by atoms with Gasteiger partial charge in [-0.05, 0) is 36.4 Å². The van der Waals surface area contributed by atoms with Gasteiger partial charge in [0, 0.05) is 17.3 Å². The summed E-state index contributed by atoms with van der Waals surface area (Å²) in [5.41, 5.74) is 1.20. The Morgan fingerprint density at radius 3 is 2.59 bits per heavy atom. The number of phenols is 1. The molecule has 0 aliphatic heterocycles. The zero-order chi connectivity index (χ0) is 20.6. The Labute approximate surface area is 169 Å². The zero-order valence-corrected chi connectivity index (χ0v) is 16.3. The topological polar surface area (TPSA) is 122 Å². The number of hydrogen-bond donors (Lipinski definition) is 2. The second kappa shape index (κ2) is 7.15. The van der Waals surface area contributed by atoms with Crippen LogP contribution in [0.4, 0.5) is 11.4 Å². The van der Waals surface area contributed by atoms with E-state index in [1.54, 1.807) is 18.2 Å². The van der Waals surface area contributed by atoms with Crippen LogP contribution in [0.1, 0.15) is 0 Å². The minimum atomic E-state index is -4.09. The van der Waals surface area contributed by atoms with Crippen LogP contribution in [0.2, 0.25) is 0 Å². The number of aromatic nitrogens is 1. The van der Waals surface area contributed by atoms with Crippen molar-refractivity contribution in [2.75, 3.05) is 4.72 Å². The summed E-state index contributed by atoms with van der Waals surface area (Å²) in [4.78, 5) is 14.3. The van der Waals surface area contributed by atoms with E-state index >= 15 is 0 Å². The summed E-state index contributed by atoms with van der Waals surface area (Å²) >= 11 is 1.49. The van der Waals surface area contributed by atoms with Crippen LogP contribution in [0.3, 0.4) is 0 Å². The molecular formula is C19H13N3O5S2. The molecule has 0 fully saturated rings. The molecule has 0 amide bonds. The molecule has 10 heteroatoms. The molecule has 146 valence electrons. The first kappa shape index (κ1) is 18.8. The number of nitro groups is 1. The van der Waals surface area contributed by atoms with E-state index in [1.807, 2.05) is 30.3 Å². The van der Waals surface area contributed by atoms with Gasteiger partial charge in [-0.2, -0.15) is 0 Å². The number of nitro benzene ring substituents is 1. The number of nitrogens with one attached hydrogen (secondary N) is 1. The fourth-order valence-corrected chi connectivity index (χ4v) is 4.77. The number of thiazole rings is 1. The number of nitrogens with zero attached hydrogens (tertiary/aromatic N) is 2. The van der Waals surface area contributed by atoms with Crippen molar-refractivity contribution in [3.8, 4) is 16.3 Å². The highest BCUT2D eigenvalue weighted by Gasteiger charge is 2.21. The van der Waals surface area contributed by atoms with Gasteiger partial charge in [0.1, 0.15) is 5.01 Å². The maximum atomic E-state index is 12.6. The fourth-order valence-electron chi connectivity index (χ4n) is 2.74. The Kier molecular flexibility index (Phi) is 4.65. The van der Waals surface area contributed by atoms with Crippen LogP contribution in [-0.4, -0.2) is 23.4 Å². The van der Waals surface area contributed by atoms with Gasteiger partial charge >= 0.3 is 5.69 Å². The Morgan fingerprint density at radius 1 is 1.03 bits per heavy atom. The van der Waals surface area contributed by atoms with Crippen molar-refractivity contribution in [2.24, 2.45) is 0 Å². The van der Waals surface area contributed by atoms with Crippen LogP contribution in [0.5, 0.6) is 5.75 Å². The molecule has 2 N–H and O–H groups in total. The number of sulfonamides is 1. The van der Waals surface area contributed by atoms with Crippen molar-refractivity contribution < 1.29 is 18.4 Å². The molecule has 3 aromatic carbocycles. The summed E-state index contributed by atoms with van der Waals surface area (Å²) in [5.74, 6) is -0.605. The van der Waals surface area contributed by atoms with Gasteiger partial charge in [-0.3, -0.25) is 14.8 Å². The predicted molar refractivity (Wildman–Crippen MR) is 111 cm³/mol. The summed E-state index contributed by atoms with van der Waals surface area (Å²) in [6.07, 6.45) is 0. The first-order chi connectivity index (χ1) is 13.8. The molecule has 0 atom stereocenters. The quantitative estimate of drug-likeness (QED) is 0.360. The first-order valence-electron chi connectivity index (χ1n) is 8.30. The highest BCUT2D eigenvalue weighted by atomic mass is 32.2. The summed E-state index contributed by atoms with van der Waals surface area (Å²) in [6, 6.07) is 17.3. The number of phenolic OH excluding ortho intramolecular Hbond substituents is 1. The number of rotatable bonds is 5. The lowest BCUT2D eigenvalue weighted by Gasteiger charge is -2.09. The van der Waals surface area contributed by atoms with Gasteiger partial charge in [-0.1, -0.05) is 24.3 Å². The summed E-state index contributed by atoms with van der Waals surface area (Å²) in [5, 5.41) is 21.2. The van der Waals surface area contributed by atoms with Gasteiger partial charge in [0.05, 0.1) is 20.0 Å². The Hall–Kier alpha value is -3.50. The van der Waals surface area contributed by atoms with Gasteiger partial charge in [-0.25, -0.2) is 13.4 Å². The fraction of sp³-hybridized carbons (Fsp3) is 0. The standard InChI is InChI=1S/C19H13N3O5S2/c23-17-9-8-14(11-16(17)22(24)25)29(26,27)21-13-5-3-4-12(10-13)19-20-15-6-1-2-7-18(15)28-19/h1-11,21,23H. The highest BCUT2D eigenvalue weighted by molar-refractivity contribution is 7.92. The molecule has 0 unspecified atom stereocenters. The molecular weight excluding hydrogens is 414 g/mol. The Bertz CT molecular complexity index is 1320. The van der Waals surface area contributed by atoms with E-state index in [4.69, 9.17) is 0 Å². The molecule has 1 aromatic heterocycles. The van der Waals surface area contributed by atoms with Crippen molar-refractivity contribution in [3.05, 3.63) is 76.8 Å². The molecule has 0 aliphatic carbocycles. The van der Waals surface area contributed by atoms with Crippen molar-refractivity contribution in [1.82, 2.24) is 4.98 Å². The number of aromatic hydroxyl groups is 1. The van der Waals surface area contributed by atoms with E-state index in [0.717, 1.165) is 39.0 Å². The third-order valence-corrected chi connectivity index (χ3v) is 6.57. The van der Waals surface area contributed by atoms with Crippen LogP contribution in [0, 0.1) is 10.1 Å². The number of benzene rings is 3. The van der Waals surface area contributed by atoms with E-state index in [1.165, 1.54) is 11.3 Å². The van der Waals surface area contributed by atoms with E-state index in [2.05, 4.69) is 9.71 Å². The summed E-state index contributed by atoms with van der Waals surface area (Å²) in [6.45, 7) is 0. The summed E-state index contributed by atoms with van der Waals surface area (Å²) in [7, 11) is -4.09. The highest BCUT2D eigenvalue weighted by Crippen LogP contribution is 2.32. The monoisotopic (exact) mass is 427 g/mol. The second-order valence-electron chi connectivity index (χ2n) is 6.08.